The zero-order chi connectivity index (χ0) is 15.6. The molecule has 21 heavy (non-hydrogen) atoms. The van der Waals surface area contributed by atoms with E-state index in [-0.39, 0.29) is 11.8 Å². The molecule has 0 bridgehead atoms. The van der Waals surface area contributed by atoms with Gasteiger partial charge in [0.2, 0.25) is 0 Å². The Labute approximate surface area is 126 Å². The number of aromatic nitrogens is 2. The van der Waals surface area contributed by atoms with Crippen LogP contribution in [0.25, 0.3) is 0 Å². The molecule has 1 atom stereocenters. The third kappa shape index (κ3) is 3.51. The molecule has 1 unspecified atom stereocenters. The van der Waals surface area contributed by atoms with Gasteiger partial charge in [-0.1, -0.05) is 23.7 Å². The van der Waals surface area contributed by atoms with Crippen LogP contribution in [-0.2, 0) is 0 Å². The number of alkyl halides is 2. The molecule has 2 aromatic rings. The highest BCUT2D eigenvalue weighted by Crippen LogP contribution is 2.29. The molecule has 1 heterocycles. The summed E-state index contributed by atoms with van der Waals surface area (Å²) in [6, 6.07) is 5.78. The Morgan fingerprint density at radius 1 is 1.24 bits per heavy atom. The van der Waals surface area contributed by atoms with E-state index in [9.17, 15) is 8.78 Å². The zero-order valence-corrected chi connectivity index (χ0v) is 12.4. The molecule has 0 aliphatic heterocycles. The van der Waals surface area contributed by atoms with Gasteiger partial charge < -0.3 is 10.5 Å². The van der Waals surface area contributed by atoms with E-state index >= 15 is 0 Å². The van der Waals surface area contributed by atoms with Gasteiger partial charge in [0, 0.05) is 6.04 Å². The van der Waals surface area contributed by atoms with Crippen LogP contribution in [0.2, 0.25) is 5.02 Å². The maximum atomic E-state index is 12.1. The summed E-state index contributed by atoms with van der Waals surface area (Å²) in [5.41, 5.74) is 7.64. The average Bonchev–Trinajstić information content (AvgIpc) is 2.80. The van der Waals surface area contributed by atoms with Gasteiger partial charge in [0.1, 0.15) is 5.75 Å². The first kappa shape index (κ1) is 15.7. The number of ether oxygens (including phenoxy) is 1. The quantitative estimate of drug-likeness (QED) is 0.914. The van der Waals surface area contributed by atoms with E-state index in [0.717, 1.165) is 5.56 Å². The fourth-order valence-corrected chi connectivity index (χ4v) is 2.32. The van der Waals surface area contributed by atoms with Crippen LogP contribution in [-0.4, -0.2) is 16.4 Å². The average molecular weight is 316 g/mol. The smallest absolute Gasteiger partial charge is 0.387 e. The molecule has 0 saturated carbocycles. The van der Waals surface area contributed by atoms with Crippen LogP contribution in [0.4, 0.5) is 8.78 Å². The minimum absolute atomic E-state index is 0.0874. The van der Waals surface area contributed by atoms with Crippen molar-refractivity contribution in [2.75, 3.05) is 0 Å². The van der Waals surface area contributed by atoms with Crippen molar-refractivity contribution in [1.29, 1.82) is 0 Å². The molecule has 2 N–H and O–H groups in total. The number of hydrogen-bond acceptors (Lipinski definition) is 3. The van der Waals surface area contributed by atoms with Crippen LogP contribution in [0.1, 0.15) is 37.2 Å². The van der Waals surface area contributed by atoms with Crippen molar-refractivity contribution in [3.63, 3.8) is 0 Å². The molecule has 0 saturated heterocycles. The Balaban J connectivity index is 2.28. The number of halogens is 3. The van der Waals surface area contributed by atoms with Crippen molar-refractivity contribution < 1.29 is 13.5 Å². The van der Waals surface area contributed by atoms with Crippen LogP contribution < -0.4 is 10.5 Å². The first-order valence-corrected chi connectivity index (χ1v) is 6.81. The molecule has 0 radical (unpaired) electrons. The van der Waals surface area contributed by atoms with Gasteiger partial charge in [-0.3, -0.25) is 4.68 Å². The second-order valence-electron chi connectivity index (χ2n) is 4.84. The van der Waals surface area contributed by atoms with Gasteiger partial charge in [0.25, 0.3) is 0 Å². The van der Waals surface area contributed by atoms with Crippen molar-refractivity contribution >= 4 is 11.6 Å². The SMILES string of the molecule is CC(C)n1ncc(Cl)c1C(N)c1ccc(OC(F)F)cc1. The van der Waals surface area contributed by atoms with Gasteiger partial charge in [-0.2, -0.15) is 13.9 Å². The highest BCUT2D eigenvalue weighted by atomic mass is 35.5. The van der Waals surface area contributed by atoms with Crippen molar-refractivity contribution in [2.45, 2.75) is 32.5 Å². The summed E-state index contributed by atoms with van der Waals surface area (Å²) in [7, 11) is 0. The van der Waals surface area contributed by atoms with Crippen molar-refractivity contribution in [2.24, 2.45) is 5.73 Å². The topological polar surface area (TPSA) is 53.1 Å². The maximum absolute atomic E-state index is 12.1. The van der Waals surface area contributed by atoms with E-state index in [4.69, 9.17) is 17.3 Å². The maximum Gasteiger partial charge on any atom is 0.387 e. The Kier molecular flexibility index (Phi) is 4.80. The summed E-state index contributed by atoms with van der Waals surface area (Å²) in [6.07, 6.45) is 1.55. The summed E-state index contributed by atoms with van der Waals surface area (Å²) in [5, 5.41) is 4.68. The number of benzene rings is 1. The number of nitrogens with zero attached hydrogens (tertiary/aromatic N) is 2. The fraction of sp³-hybridized carbons (Fsp3) is 0.357. The van der Waals surface area contributed by atoms with Crippen LogP contribution >= 0.6 is 11.6 Å². The Morgan fingerprint density at radius 2 is 1.86 bits per heavy atom. The summed E-state index contributed by atoms with van der Waals surface area (Å²) >= 11 is 6.15. The van der Waals surface area contributed by atoms with E-state index in [1.54, 1.807) is 23.0 Å². The zero-order valence-electron chi connectivity index (χ0n) is 11.6. The van der Waals surface area contributed by atoms with Gasteiger partial charge in [0.05, 0.1) is 23.0 Å². The monoisotopic (exact) mass is 315 g/mol. The Bertz CT molecular complexity index is 599. The molecule has 2 rings (SSSR count). The summed E-state index contributed by atoms with van der Waals surface area (Å²) in [6.45, 7) is 1.10. The van der Waals surface area contributed by atoms with E-state index in [2.05, 4.69) is 9.84 Å². The molecule has 7 heteroatoms. The molecule has 1 aromatic heterocycles. The van der Waals surface area contributed by atoms with Crippen molar-refractivity contribution in [3.05, 3.63) is 46.7 Å². The first-order chi connectivity index (χ1) is 9.90. The van der Waals surface area contributed by atoms with Gasteiger partial charge in [-0.05, 0) is 31.5 Å². The Morgan fingerprint density at radius 3 is 2.38 bits per heavy atom. The fourth-order valence-electron chi connectivity index (χ4n) is 2.07. The van der Waals surface area contributed by atoms with Crippen molar-refractivity contribution in [3.8, 4) is 5.75 Å². The van der Waals surface area contributed by atoms with Crippen LogP contribution in [0.5, 0.6) is 5.75 Å². The first-order valence-electron chi connectivity index (χ1n) is 6.43. The molecule has 0 amide bonds. The summed E-state index contributed by atoms with van der Waals surface area (Å²) in [5.74, 6) is 0.0874. The largest absolute Gasteiger partial charge is 0.435 e. The predicted molar refractivity (Wildman–Crippen MR) is 76.7 cm³/mol. The number of nitrogens with two attached hydrogens (primary N) is 1. The van der Waals surface area contributed by atoms with Crippen LogP contribution in [0.15, 0.2) is 30.5 Å². The molecule has 0 aliphatic carbocycles. The number of hydrogen-bond donors (Lipinski definition) is 1. The summed E-state index contributed by atoms with van der Waals surface area (Å²) in [4.78, 5) is 0. The van der Waals surface area contributed by atoms with E-state index in [0.29, 0.717) is 10.7 Å². The second kappa shape index (κ2) is 6.41. The predicted octanol–water partition coefficient (Wildman–Crippen LogP) is 3.77. The van der Waals surface area contributed by atoms with E-state index < -0.39 is 12.7 Å². The number of rotatable bonds is 5. The second-order valence-corrected chi connectivity index (χ2v) is 5.25. The lowest BCUT2D eigenvalue weighted by molar-refractivity contribution is -0.0498. The third-order valence-electron chi connectivity index (χ3n) is 3.04. The molecule has 0 spiro atoms. The lowest BCUT2D eigenvalue weighted by atomic mass is 10.0. The highest BCUT2D eigenvalue weighted by Gasteiger charge is 2.20. The van der Waals surface area contributed by atoms with Crippen LogP contribution in [0, 0.1) is 0 Å². The van der Waals surface area contributed by atoms with Crippen molar-refractivity contribution in [1.82, 2.24) is 9.78 Å². The molecule has 114 valence electrons. The normalized spacial score (nSPS) is 13.0. The van der Waals surface area contributed by atoms with Crippen LogP contribution in [0.3, 0.4) is 0 Å². The summed E-state index contributed by atoms with van der Waals surface area (Å²) < 4.78 is 30.3. The van der Waals surface area contributed by atoms with E-state index in [1.165, 1.54) is 12.1 Å². The molecule has 1 aromatic carbocycles. The highest BCUT2D eigenvalue weighted by molar-refractivity contribution is 6.31. The standard InChI is InChI=1S/C14H16ClF2N3O/c1-8(2)20-13(11(15)7-19-20)12(18)9-3-5-10(6-4-9)21-14(16)17/h3-8,12,14H,18H2,1-2H3. The van der Waals surface area contributed by atoms with Gasteiger partial charge >= 0.3 is 6.61 Å². The minimum Gasteiger partial charge on any atom is -0.435 e. The lowest BCUT2D eigenvalue weighted by Crippen LogP contribution is -2.19. The van der Waals surface area contributed by atoms with Gasteiger partial charge in [0.15, 0.2) is 0 Å². The molecular formula is C14H16ClF2N3O. The molecule has 4 nitrogen and oxygen atoms in total. The molecule has 0 fully saturated rings. The van der Waals surface area contributed by atoms with Gasteiger partial charge in [-0.25, -0.2) is 0 Å². The molecular weight excluding hydrogens is 300 g/mol. The lowest BCUT2D eigenvalue weighted by Gasteiger charge is -2.18. The van der Waals surface area contributed by atoms with Gasteiger partial charge in [-0.15, -0.1) is 0 Å². The molecule has 0 aliphatic rings. The Hall–Kier alpha value is -1.66. The van der Waals surface area contributed by atoms with E-state index in [1.807, 2.05) is 13.8 Å². The minimum atomic E-state index is -2.85. The third-order valence-corrected chi connectivity index (χ3v) is 3.33.